The van der Waals surface area contributed by atoms with Crippen LogP contribution < -0.4 is 0 Å². The number of carbonyl (C=O) groups excluding carboxylic acids is 1. The zero-order chi connectivity index (χ0) is 15.3. The van der Waals surface area contributed by atoms with Crippen molar-refractivity contribution in [2.24, 2.45) is 0 Å². The van der Waals surface area contributed by atoms with E-state index in [2.05, 4.69) is 25.3 Å². The van der Waals surface area contributed by atoms with Crippen LogP contribution >= 0.6 is 0 Å². The van der Waals surface area contributed by atoms with Gasteiger partial charge in [-0.05, 0) is 18.6 Å². The van der Waals surface area contributed by atoms with E-state index in [4.69, 9.17) is 4.74 Å². The summed E-state index contributed by atoms with van der Waals surface area (Å²) >= 11 is 0. The minimum absolute atomic E-state index is 0.512. The van der Waals surface area contributed by atoms with Gasteiger partial charge < -0.3 is 4.74 Å². The summed E-state index contributed by atoms with van der Waals surface area (Å²) in [5, 5.41) is 0. The molecule has 0 atom stereocenters. The van der Waals surface area contributed by atoms with Crippen molar-refractivity contribution in [3.63, 3.8) is 0 Å². The van der Waals surface area contributed by atoms with Crippen molar-refractivity contribution in [1.29, 1.82) is 0 Å². The van der Waals surface area contributed by atoms with Gasteiger partial charge in [0.15, 0.2) is 0 Å². The molecule has 2 heteroatoms. The Hall–Kier alpha value is -2.01. The maximum Gasteiger partial charge on any atom is 0.389 e. The number of rotatable bonds is 8. The van der Waals surface area contributed by atoms with Crippen molar-refractivity contribution in [2.45, 2.75) is 51.9 Å². The van der Waals surface area contributed by atoms with Crippen LogP contribution in [0.15, 0.2) is 42.7 Å². The maximum absolute atomic E-state index is 11.5. The Labute approximate surface area is 128 Å². The second-order valence-electron chi connectivity index (χ2n) is 5.06. The molecule has 0 saturated heterocycles. The molecule has 0 heterocycles. The Bertz CT molecular complexity index is 491. The summed E-state index contributed by atoms with van der Waals surface area (Å²) in [5.41, 5.74) is 0.802. The van der Waals surface area contributed by atoms with E-state index in [1.807, 2.05) is 30.3 Å². The predicted octanol–water partition coefficient (Wildman–Crippen LogP) is 4.85. The fraction of sp³-hybridized carbons (Fsp3) is 0.421. The fourth-order valence-corrected chi connectivity index (χ4v) is 1.95. The topological polar surface area (TPSA) is 26.3 Å². The van der Waals surface area contributed by atoms with E-state index in [1.165, 1.54) is 25.7 Å². The van der Waals surface area contributed by atoms with E-state index in [0.29, 0.717) is 5.76 Å². The molecule has 2 nitrogen and oxygen atoms in total. The Morgan fingerprint density at radius 1 is 1.10 bits per heavy atom. The Morgan fingerprint density at radius 2 is 1.76 bits per heavy atom. The summed E-state index contributed by atoms with van der Waals surface area (Å²) in [5.74, 6) is 5.23. The standard InChI is InChI=1S/C19H24O2/c1-3-4-5-6-7-9-12-17(2)21-19(20)16-15-18-13-10-8-11-14-18/h8,10-11,13-14H,2-7,9,12H2,1H3. The number of ether oxygens (including phenoxy) is 1. The lowest BCUT2D eigenvalue weighted by Crippen LogP contribution is -2.00. The molecule has 112 valence electrons. The van der Waals surface area contributed by atoms with Gasteiger partial charge >= 0.3 is 5.97 Å². The molecule has 0 aromatic heterocycles. The lowest BCUT2D eigenvalue weighted by molar-refractivity contribution is -0.132. The molecule has 0 amide bonds. The summed E-state index contributed by atoms with van der Waals surface area (Å²) < 4.78 is 5.09. The molecular formula is C19H24O2. The van der Waals surface area contributed by atoms with Crippen molar-refractivity contribution >= 4 is 5.97 Å². The number of esters is 1. The smallest absolute Gasteiger partial charge is 0.389 e. The molecule has 0 fully saturated rings. The third kappa shape index (κ3) is 8.70. The van der Waals surface area contributed by atoms with E-state index in [0.717, 1.165) is 24.8 Å². The van der Waals surface area contributed by atoms with E-state index in [1.54, 1.807) is 0 Å². The first kappa shape index (κ1) is 17.0. The van der Waals surface area contributed by atoms with Crippen molar-refractivity contribution in [1.82, 2.24) is 0 Å². The van der Waals surface area contributed by atoms with Gasteiger partial charge in [0.05, 0.1) is 0 Å². The van der Waals surface area contributed by atoms with Crippen LogP contribution in [0.5, 0.6) is 0 Å². The quantitative estimate of drug-likeness (QED) is 0.295. The minimum Gasteiger partial charge on any atom is -0.422 e. The number of benzene rings is 1. The third-order valence-corrected chi connectivity index (χ3v) is 3.13. The van der Waals surface area contributed by atoms with Crippen LogP contribution in [0.3, 0.4) is 0 Å². The Balaban J connectivity index is 2.19. The van der Waals surface area contributed by atoms with Crippen molar-refractivity contribution < 1.29 is 9.53 Å². The highest BCUT2D eigenvalue weighted by atomic mass is 16.5. The molecule has 0 bridgehead atoms. The fourth-order valence-electron chi connectivity index (χ4n) is 1.95. The molecule has 0 N–H and O–H groups in total. The molecule has 1 rings (SSSR count). The van der Waals surface area contributed by atoms with E-state index in [-0.39, 0.29) is 0 Å². The van der Waals surface area contributed by atoms with Gasteiger partial charge in [-0.2, -0.15) is 0 Å². The molecule has 0 aliphatic heterocycles. The van der Waals surface area contributed by atoms with E-state index in [9.17, 15) is 4.79 Å². The van der Waals surface area contributed by atoms with Gasteiger partial charge in [-0.3, -0.25) is 0 Å². The summed E-state index contributed by atoms with van der Waals surface area (Å²) in [6, 6.07) is 9.38. The van der Waals surface area contributed by atoms with Crippen molar-refractivity contribution in [3.05, 3.63) is 48.2 Å². The van der Waals surface area contributed by atoms with Gasteiger partial charge in [0.1, 0.15) is 5.76 Å². The molecule has 1 aromatic carbocycles. The van der Waals surface area contributed by atoms with Crippen molar-refractivity contribution in [3.8, 4) is 11.8 Å². The molecular weight excluding hydrogens is 260 g/mol. The summed E-state index contributed by atoms with van der Waals surface area (Å²) in [6.07, 6.45) is 7.97. The zero-order valence-electron chi connectivity index (χ0n) is 12.9. The van der Waals surface area contributed by atoms with Crippen LogP contribution in [0.2, 0.25) is 0 Å². The number of carbonyl (C=O) groups is 1. The first-order chi connectivity index (χ1) is 10.2. The SMILES string of the molecule is C=C(CCCCCCCC)OC(=O)C#Cc1ccccc1. The molecule has 0 unspecified atom stereocenters. The highest BCUT2D eigenvalue weighted by molar-refractivity contribution is 5.89. The largest absolute Gasteiger partial charge is 0.422 e. The van der Waals surface area contributed by atoms with Crippen LogP contribution in [-0.2, 0) is 9.53 Å². The first-order valence-electron chi connectivity index (χ1n) is 7.69. The maximum atomic E-state index is 11.5. The van der Waals surface area contributed by atoms with Gasteiger partial charge in [-0.25, -0.2) is 4.79 Å². The molecule has 0 aliphatic rings. The Morgan fingerprint density at radius 3 is 2.48 bits per heavy atom. The molecule has 1 aromatic rings. The van der Waals surface area contributed by atoms with Crippen LogP contribution in [-0.4, -0.2) is 5.97 Å². The van der Waals surface area contributed by atoms with Gasteiger partial charge in [0.25, 0.3) is 0 Å². The molecule has 0 saturated carbocycles. The first-order valence-corrected chi connectivity index (χ1v) is 7.69. The number of allylic oxidation sites excluding steroid dienone is 1. The van der Waals surface area contributed by atoms with Gasteiger partial charge in [-0.1, -0.05) is 69.7 Å². The van der Waals surface area contributed by atoms with Gasteiger partial charge in [-0.15, -0.1) is 0 Å². The van der Waals surface area contributed by atoms with Gasteiger partial charge in [0.2, 0.25) is 0 Å². The van der Waals surface area contributed by atoms with Crippen LogP contribution in [0, 0.1) is 11.8 Å². The summed E-state index contributed by atoms with van der Waals surface area (Å²) in [6.45, 7) is 5.98. The monoisotopic (exact) mass is 284 g/mol. The third-order valence-electron chi connectivity index (χ3n) is 3.13. The summed E-state index contributed by atoms with van der Waals surface area (Å²) in [7, 11) is 0. The predicted molar refractivity (Wildman–Crippen MR) is 86.5 cm³/mol. The van der Waals surface area contributed by atoms with E-state index < -0.39 is 5.97 Å². The second kappa shape index (κ2) is 10.7. The zero-order valence-corrected chi connectivity index (χ0v) is 12.9. The number of unbranched alkanes of at least 4 members (excludes halogenated alkanes) is 5. The summed E-state index contributed by atoms with van der Waals surface area (Å²) in [4.78, 5) is 11.5. The number of hydrogen-bond donors (Lipinski definition) is 0. The highest BCUT2D eigenvalue weighted by Crippen LogP contribution is 2.11. The van der Waals surface area contributed by atoms with Crippen LogP contribution in [0.25, 0.3) is 0 Å². The number of hydrogen-bond acceptors (Lipinski definition) is 2. The van der Waals surface area contributed by atoms with Gasteiger partial charge in [0, 0.05) is 17.9 Å². The van der Waals surface area contributed by atoms with Crippen LogP contribution in [0.4, 0.5) is 0 Å². The average Bonchev–Trinajstić information content (AvgIpc) is 2.50. The molecule has 0 radical (unpaired) electrons. The van der Waals surface area contributed by atoms with Crippen molar-refractivity contribution in [2.75, 3.05) is 0 Å². The lowest BCUT2D eigenvalue weighted by atomic mass is 10.1. The molecule has 21 heavy (non-hydrogen) atoms. The normalized spacial score (nSPS) is 9.57. The molecule has 0 spiro atoms. The van der Waals surface area contributed by atoms with Crippen LogP contribution in [0.1, 0.15) is 57.4 Å². The Kier molecular flexibility index (Phi) is 8.72. The van der Waals surface area contributed by atoms with E-state index >= 15 is 0 Å². The highest BCUT2D eigenvalue weighted by Gasteiger charge is 2.02. The molecule has 0 aliphatic carbocycles. The average molecular weight is 284 g/mol. The minimum atomic E-state index is -0.533. The lowest BCUT2D eigenvalue weighted by Gasteiger charge is -2.04. The second-order valence-corrected chi connectivity index (χ2v) is 5.06.